The van der Waals surface area contributed by atoms with Gasteiger partial charge in [-0.05, 0) is 30.8 Å². The lowest BCUT2D eigenvalue weighted by atomic mass is 10.0. The minimum absolute atomic E-state index is 0.229. The summed E-state index contributed by atoms with van der Waals surface area (Å²) in [7, 11) is 2.13. The second-order valence-corrected chi connectivity index (χ2v) is 5.58. The van der Waals surface area contributed by atoms with Gasteiger partial charge >= 0.3 is 0 Å². The first-order chi connectivity index (χ1) is 10.2. The highest BCUT2D eigenvalue weighted by Gasteiger charge is 2.20. The van der Waals surface area contributed by atoms with E-state index in [4.69, 9.17) is 0 Å². The first kappa shape index (κ1) is 12.3. The van der Waals surface area contributed by atoms with Crippen LogP contribution in [0.25, 0.3) is 22.3 Å². The molecule has 0 radical (unpaired) electrons. The second-order valence-electron chi connectivity index (χ2n) is 5.58. The smallest absolute Gasteiger partial charge is 0.160 e. The number of phenols is 1. The molecule has 0 unspecified atom stereocenters. The monoisotopic (exact) mass is 280 g/mol. The number of hydrogen-bond acceptors (Lipinski definition) is 4. The zero-order valence-corrected chi connectivity index (χ0v) is 11.8. The van der Waals surface area contributed by atoms with E-state index in [0.29, 0.717) is 11.3 Å². The summed E-state index contributed by atoms with van der Waals surface area (Å²) in [6.45, 7) is 1.97. The Kier molecular flexibility index (Phi) is 2.68. The van der Waals surface area contributed by atoms with Crippen molar-refractivity contribution >= 4 is 11.0 Å². The molecule has 5 nitrogen and oxygen atoms in total. The van der Waals surface area contributed by atoms with Crippen molar-refractivity contribution in [2.75, 3.05) is 13.6 Å². The molecule has 1 aromatic carbocycles. The standard InChI is InChI=1S/C16H16N4O/c1-20-7-6-13-12(9-20)11-8-14(18-19-16(11)17-13)10-4-2-3-5-15(10)21/h2-5,8,21H,6-7,9H2,1H3,(H,17,19). The first-order valence-electron chi connectivity index (χ1n) is 7.06. The summed E-state index contributed by atoms with van der Waals surface area (Å²) in [6, 6.07) is 9.24. The Morgan fingerprint density at radius 2 is 2.10 bits per heavy atom. The number of nitrogens with one attached hydrogen (secondary N) is 1. The van der Waals surface area contributed by atoms with Crippen LogP contribution in [0.2, 0.25) is 0 Å². The zero-order valence-electron chi connectivity index (χ0n) is 11.8. The lowest BCUT2D eigenvalue weighted by Crippen LogP contribution is -2.25. The number of fused-ring (bicyclic) bond motifs is 3. The maximum absolute atomic E-state index is 9.98. The van der Waals surface area contributed by atoms with Crippen LogP contribution in [0.5, 0.6) is 5.75 Å². The number of phenolic OH excluding ortho intramolecular Hbond substituents is 1. The van der Waals surface area contributed by atoms with E-state index in [1.54, 1.807) is 12.1 Å². The molecule has 1 aliphatic heterocycles. The highest BCUT2D eigenvalue weighted by Crippen LogP contribution is 2.31. The van der Waals surface area contributed by atoms with Gasteiger partial charge in [0.25, 0.3) is 0 Å². The van der Waals surface area contributed by atoms with Gasteiger partial charge in [0.15, 0.2) is 5.65 Å². The number of aromatic amines is 1. The molecule has 4 rings (SSSR count). The molecule has 0 spiro atoms. The third-order valence-corrected chi connectivity index (χ3v) is 4.10. The molecule has 1 aliphatic rings. The second kappa shape index (κ2) is 4.56. The number of hydrogen-bond donors (Lipinski definition) is 2. The topological polar surface area (TPSA) is 65.0 Å². The van der Waals surface area contributed by atoms with Gasteiger partial charge in [-0.3, -0.25) is 0 Å². The Hall–Kier alpha value is -2.40. The van der Waals surface area contributed by atoms with Crippen LogP contribution in [-0.4, -0.2) is 38.8 Å². The number of benzene rings is 1. The zero-order chi connectivity index (χ0) is 14.4. The van der Waals surface area contributed by atoms with E-state index in [0.717, 1.165) is 30.5 Å². The number of likely N-dealkylation sites (N-methyl/N-ethyl adjacent to an activating group) is 1. The minimum Gasteiger partial charge on any atom is -0.507 e. The Labute approximate surface area is 122 Å². The molecule has 0 fully saturated rings. The van der Waals surface area contributed by atoms with Gasteiger partial charge in [0.05, 0.1) is 5.69 Å². The molecule has 106 valence electrons. The Bertz CT molecular complexity index is 824. The third kappa shape index (κ3) is 1.97. The minimum atomic E-state index is 0.229. The summed E-state index contributed by atoms with van der Waals surface area (Å²) in [5.41, 5.74) is 4.80. The van der Waals surface area contributed by atoms with Crippen molar-refractivity contribution in [1.82, 2.24) is 20.1 Å². The summed E-state index contributed by atoms with van der Waals surface area (Å²) < 4.78 is 0. The first-order valence-corrected chi connectivity index (χ1v) is 7.06. The number of aromatic nitrogens is 3. The van der Waals surface area contributed by atoms with E-state index >= 15 is 0 Å². The number of H-pyrrole nitrogens is 1. The maximum atomic E-state index is 9.98. The fraction of sp³-hybridized carbons (Fsp3) is 0.250. The van der Waals surface area contributed by atoms with E-state index in [1.165, 1.54) is 11.3 Å². The highest BCUT2D eigenvalue weighted by atomic mass is 16.3. The van der Waals surface area contributed by atoms with Crippen molar-refractivity contribution < 1.29 is 5.11 Å². The lowest BCUT2D eigenvalue weighted by molar-refractivity contribution is 0.313. The van der Waals surface area contributed by atoms with Crippen LogP contribution in [0.1, 0.15) is 11.3 Å². The molecule has 3 aromatic rings. The van der Waals surface area contributed by atoms with Gasteiger partial charge in [-0.25, -0.2) is 0 Å². The van der Waals surface area contributed by atoms with Gasteiger partial charge in [-0.1, -0.05) is 12.1 Å². The van der Waals surface area contributed by atoms with E-state index in [1.807, 2.05) is 18.2 Å². The van der Waals surface area contributed by atoms with E-state index in [2.05, 4.69) is 27.1 Å². The molecule has 0 amide bonds. The van der Waals surface area contributed by atoms with Crippen molar-refractivity contribution in [2.45, 2.75) is 13.0 Å². The van der Waals surface area contributed by atoms with Gasteiger partial charge in [-0.15, -0.1) is 10.2 Å². The molecule has 0 atom stereocenters. The summed E-state index contributed by atoms with van der Waals surface area (Å²) in [4.78, 5) is 5.67. The van der Waals surface area contributed by atoms with Crippen LogP contribution >= 0.6 is 0 Å². The van der Waals surface area contributed by atoms with Crippen molar-refractivity contribution in [3.63, 3.8) is 0 Å². The van der Waals surface area contributed by atoms with E-state index in [-0.39, 0.29) is 5.75 Å². The van der Waals surface area contributed by atoms with Crippen LogP contribution in [0.4, 0.5) is 0 Å². The van der Waals surface area contributed by atoms with Crippen molar-refractivity contribution in [2.24, 2.45) is 0 Å². The molecule has 3 heterocycles. The predicted octanol–water partition coefficient (Wildman–Crippen LogP) is 2.32. The van der Waals surface area contributed by atoms with Crippen LogP contribution in [0.15, 0.2) is 30.3 Å². The Morgan fingerprint density at radius 1 is 1.24 bits per heavy atom. The van der Waals surface area contributed by atoms with Crippen LogP contribution in [0.3, 0.4) is 0 Å². The maximum Gasteiger partial charge on any atom is 0.160 e. The fourth-order valence-corrected chi connectivity index (χ4v) is 2.96. The normalized spacial score (nSPS) is 15.3. The van der Waals surface area contributed by atoms with E-state index < -0.39 is 0 Å². The summed E-state index contributed by atoms with van der Waals surface area (Å²) in [5, 5.41) is 19.6. The SMILES string of the molecule is CN1CCc2[nH]c3nnc(-c4ccccc4O)cc3c2C1. The molecular weight excluding hydrogens is 264 g/mol. The van der Waals surface area contributed by atoms with Gasteiger partial charge in [0.1, 0.15) is 5.75 Å². The molecule has 0 saturated heterocycles. The van der Waals surface area contributed by atoms with Crippen molar-refractivity contribution in [1.29, 1.82) is 0 Å². The molecule has 0 bridgehead atoms. The number of para-hydroxylation sites is 1. The van der Waals surface area contributed by atoms with Crippen molar-refractivity contribution in [3.8, 4) is 17.0 Å². The summed E-state index contributed by atoms with van der Waals surface area (Å²) >= 11 is 0. The number of nitrogens with zero attached hydrogens (tertiary/aromatic N) is 3. The van der Waals surface area contributed by atoms with E-state index in [9.17, 15) is 5.11 Å². The van der Waals surface area contributed by atoms with Gasteiger partial charge in [0, 0.05) is 36.2 Å². The molecule has 2 aromatic heterocycles. The van der Waals surface area contributed by atoms with Gasteiger partial charge in [-0.2, -0.15) is 0 Å². The van der Waals surface area contributed by atoms with Crippen molar-refractivity contribution in [3.05, 3.63) is 41.6 Å². The van der Waals surface area contributed by atoms with Crippen LogP contribution in [0, 0.1) is 0 Å². The average molecular weight is 280 g/mol. The molecule has 2 N–H and O–H groups in total. The average Bonchev–Trinajstić information content (AvgIpc) is 2.85. The summed E-state index contributed by atoms with van der Waals surface area (Å²) in [6.07, 6.45) is 1.01. The Morgan fingerprint density at radius 3 is 2.95 bits per heavy atom. The van der Waals surface area contributed by atoms with Crippen LogP contribution < -0.4 is 0 Å². The molecule has 5 heteroatoms. The molecule has 0 saturated carbocycles. The quantitative estimate of drug-likeness (QED) is 0.718. The number of aromatic hydroxyl groups is 1. The third-order valence-electron chi connectivity index (χ3n) is 4.10. The molecule has 21 heavy (non-hydrogen) atoms. The van der Waals surface area contributed by atoms with Gasteiger partial charge in [0.2, 0.25) is 0 Å². The summed E-state index contributed by atoms with van der Waals surface area (Å²) in [5.74, 6) is 0.229. The van der Waals surface area contributed by atoms with Gasteiger partial charge < -0.3 is 15.0 Å². The predicted molar refractivity (Wildman–Crippen MR) is 81.0 cm³/mol. The Balaban J connectivity index is 1.90. The largest absolute Gasteiger partial charge is 0.507 e. The van der Waals surface area contributed by atoms with Crippen LogP contribution in [-0.2, 0) is 13.0 Å². The molecular formula is C16H16N4O. The molecule has 0 aliphatic carbocycles. The lowest BCUT2D eigenvalue weighted by Gasteiger charge is -2.22. The fourth-order valence-electron chi connectivity index (χ4n) is 2.96. The number of rotatable bonds is 1. The highest BCUT2D eigenvalue weighted by molar-refractivity contribution is 5.85.